The lowest BCUT2D eigenvalue weighted by molar-refractivity contribution is -0.117. The van der Waals surface area contributed by atoms with Crippen LogP contribution in [0.1, 0.15) is 65.1 Å². The number of carbonyl (C=O) groups excluding carboxylic acids is 1. The molecule has 156 valence electrons. The number of benzene rings is 1. The molecular formula is C23H31N3O3. The molecule has 1 aliphatic heterocycles. The van der Waals surface area contributed by atoms with Gasteiger partial charge in [-0.3, -0.25) is 4.79 Å². The smallest absolute Gasteiger partial charge is 0.229 e. The van der Waals surface area contributed by atoms with E-state index in [1.54, 1.807) is 0 Å². The molecule has 0 spiro atoms. The monoisotopic (exact) mass is 397 g/mol. The molecule has 4 rings (SSSR count). The summed E-state index contributed by atoms with van der Waals surface area (Å²) in [7, 11) is 0. The molecule has 6 nitrogen and oxygen atoms in total. The van der Waals surface area contributed by atoms with Crippen LogP contribution in [0.25, 0.3) is 0 Å². The summed E-state index contributed by atoms with van der Waals surface area (Å²) in [4.78, 5) is 13.0. The van der Waals surface area contributed by atoms with Crippen LogP contribution >= 0.6 is 0 Å². The molecule has 1 aromatic heterocycles. The molecule has 1 aliphatic carbocycles. The van der Waals surface area contributed by atoms with Crippen LogP contribution in [0.4, 0.5) is 5.82 Å². The van der Waals surface area contributed by atoms with Gasteiger partial charge in [0.05, 0.1) is 11.2 Å². The van der Waals surface area contributed by atoms with Crippen molar-refractivity contribution in [2.45, 2.75) is 64.8 Å². The number of rotatable bonds is 3. The molecule has 1 fully saturated rings. The summed E-state index contributed by atoms with van der Waals surface area (Å²) in [6.07, 6.45) is 0.848. The van der Waals surface area contributed by atoms with E-state index in [1.807, 2.05) is 28.9 Å². The first kappa shape index (κ1) is 19.8. The van der Waals surface area contributed by atoms with Gasteiger partial charge in [-0.25, -0.2) is 4.68 Å². The lowest BCUT2D eigenvalue weighted by Crippen LogP contribution is -2.27. The maximum absolute atomic E-state index is 13.0. The minimum Gasteiger partial charge on any atom is -0.486 e. The highest BCUT2D eigenvalue weighted by atomic mass is 16.6. The number of ether oxygens (including phenoxy) is 2. The SMILES string of the molecule is CC(C)(C)c1cc(NC(=O)[C@@H]2C[C@H]2c2ccc3c(c2)OCCO3)n(C(C)(C)C)n1. The topological polar surface area (TPSA) is 65.4 Å². The molecule has 1 N–H and O–H groups in total. The molecular weight excluding hydrogens is 366 g/mol. The van der Waals surface area contributed by atoms with E-state index in [1.165, 1.54) is 0 Å². The van der Waals surface area contributed by atoms with Gasteiger partial charge in [-0.1, -0.05) is 26.8 Å². The maximum atomic E-state index is 13.0. The van der Waals surface area contributed by atoms with Crippen molar-refractivity contribution < 1.29 is 14.3 Å². The van der Waals surface area contributed by atoms with Crippen molar-refractivity contribution in [2.24, 2.45) is 5.92 Å². The fourth-order valence-corrected chi connectivity index (χ4v) is 3.71. The molecule has 29 heavy (non-hydrogen) atoms. The number of hydrogen-bond donors (Lipinski definition) is 1. The number of nitrogens with one attached hydrogen (secondary N) is 1. The van der Waals surface area contributed by atoms with Gasteiger partial charge in [0, 0.05) is 17.4 Å². The first-order chi connectivity index (χ1) is 13.5. The Labute approximate surface area is 172 Å². The molecule has 1 amide bonds. The van der Waals surface area contributed by atoms with Crippen molar-refractivity contribution in [1.82, 2.24) is 9.78 Å². The highest BCUT2D eigenvalue weighted by Crippen LogP contribution is 2.50. The van der Waals surface area contributed by atoms with E-state index < -0.39 is 0 Å². The zero-order valence-corrected chi connectivity index (χ0v) is 18.2. The fraction of sp³-hybridized carbons (Fsp3) is 0.565. The molecule has 0 saturated heterocycles. The predicted molar refractivity (Wildman–Crippen MR) is 113 cm³/mol. The third-order valence-electron chi connectivity index (χ3n) is 5.49. The molecule has 2 atom stereocenters. The van der Waals surface area contributed by atoms with Gasteiger partial charge in [-0.2, -0.15) is 5.10 Å². The highest BCUT2D eigenvalue weighted by molar-refractivity contribution is 5.94. The van der Waals surface area contributed by atoms with Gasteiger partial charge < -0.3 is 14.8 Å². The number of carbonyl (C=O) groups is 1. The predicted octanol–water partition coefficient (Wildman–Crippen LogP) is 4.45. The van der Waals surface area contributed by atoms with Crippen LogP contribution in [-0.2, 0) is 15.7 Å². The van der Waals surface area contributed by atoms with E-state index >= 15 is 0 Å². The highest BCUT2D eigenvalue weighted by Gasteiger charge is 2.44. The van der Waals surface area contributed by atoms with Crippen molar-refractivity contribution in [1.29, 1.82) is 0 Å². The Bertz CT molecular complexity index is 934. The zero-order valence-electron chi connectivity index (χ0n) is 18.2. The largest absolute Gasteiger partial charge is 0.486 e. The quantitative estimate of drug-likeness (QED) is 0.831. The van der Waals surface area contributed by atoms with E-state index in [2.05, 4.69) is 46.9 Å². The van der Waals surface area contributed by atoms with Crippen LogP contribution in [0.5, 0.6) is 11.5 Å². The van der Waals surface area contributed by atoms with Crippen LogP contribution < -0.4 is 14.8 Å². The molecule has 2 aromatic rings. The Morgan fingerprint density at radius 2 is 1.76 bits per heavy atom. The van der Waals surface area contributed by atoms with E-state index in [-0.39, 0.29) is 28.7 Å². The second-order valence-electron chi connectivity index (χ2n) is 10.1. The van der Waals surface area contributed by atoms with Gasteiger partial charge in [0.1, 0.15) is 19.0 Å². The molecule has 2 heterocycles. The van der Waals surface area contributed by atoms with Gasteiger partial charge in [-0.15, -0.1) is 0 Å². The van der Waals surface area contributed by atoms with Crippen LogP contribution in [0, 0.1) is 5.92 Å². The van der Waals surface area contributed by atoms with Crippen molar-refractivity contribution in [3.8, 4) is 11.5 Å². The molecule has 2 aliphatic rings. The molecule has 6 heteroatoms. The van der Waals surface area contributed by atoms with Crippen molar-refractivity contribution in [2.75, 3.05) is 18.5 Å². The third kappa shape index (κ3) is 3.98. The maximum Gasteiger partial charge on any atom is 0.229 e. The van der Waals surface area contributed by atoms with E-state index in [9.17, 15) is 4.79 Å². The molecule has 0 unspecified atom stereocenters. The molecule has 1 saturated carbocycles. The lowest BCUT2D eigenvalue weighted by atomic mass is 9.92. The minimum absolute atomic E-state index is 0.0287. The van der Waals surface area contributed by atoms with Crippen molar-refractivity contribution in [3.63, 3.8) is 0 Å². The summed E-state index contributed by atoms with van der Waals surface area (Å²) in [5.74, 6) is 2.57. The second kappa shape index (κ2) is 6.78. The number of amides is 1. The Morgan fingerprint density at radius 3 is 2.41 bits per heavy atom. The van der Waals surface area contributed by atoms with Gasteiger partial charge in [0.15, 0.2) is 11.5 Å². The number of nitrogens with zero attached hydrogens (tertiary/aromatic N) is 2. The summed E-state index contributed by atoms with van der Waals surface area (Å²) in [6, 6.07) is 8.01. The first-order valence-corrected chi connectivity index (χ1v) is 10.4. The first-order valence-electron chi connectivity index (χ1n) is 10.4. The average Bonchev–Trinajstić information content (AvgIpc) is 3.32. The summed E-state index contributed by atoms with van der Waals surface area (Å²) in [5.41, 5.74) is 1.81. The summed E-state index contributed by atoms with van der Waals surface area (Å²) in [6.45, 7) is 13.8. The third-order valence-corrected chi connectivity index (χ3v) is 5.49. The van der Waals surface area contributed by atoms with E-state index in [4.69, 9.17) is 14.6 Å². The normalized spacial score (nSPS) is 21.0. The standard InChI is InChI=1S/C23H31N3O3/c1-22(2,3)19-13-20(26(25-19)23(4,5)6)24-21(27)16-12-15(16)14-7-8-17-18(11-14)29-10-9-28-17/h7-8,11,13,15-16H,9-10,12H2,1-6H3,(H,24,27)/t15-,16+/m0/s1. The summed E-state index contributed by atoms with van der Waals surface area (Å²) >= 11 is 0. The number of fused-ring (bicyclic) bond motifs is 1. The van der Waals surface area contributed by atoms with Crippen LogP contribution in [0.3, 0.4) is 0 Å². The van der Waals surface area contributed by atoms with Crippen molar-refractivity contribution >= 4 is 11.7 Å². The molecule has 0 bridgehead atoms. The van der Waals surface area contributed by atoms with Gasteiger partial charge in [0.25, 0.3) is 0 Å². The Kier molecular flexibility index (Phi) is 4.63. The van der Waals surface area contributed by atoms with E-state index in [0.29, 0.717) is 13.2 Å². The fourth-order valence-electron chi connectivity index (χ4n) is 3.71. The number of anilines is 1. The summed E-state index contributed by atoms with van der Waals surface area (Å²) in [5, 5.41) is 7.92. The Morgan fingerprint density at radius 1 is 1.07 bits per heavy atom. The lowest BCUT2D eigenvalue weighted by Gasteiger charge is -2.23. The number of aromatic nitrogens is 2. The zero-order chi connectivity index (χ0) is 21.0. The summed E-state index contributed by atoms with van der Waals surface area (Å²) < 4.78 is 13.2. The van der Waals surface area contributed by atoms with E-state index in [0.717, 1.165) is 35.0 Å². The van der Waals surface area contributed by atoms with Crippen molar-refractivity contribution in [3.05, 3.63) is 35.5 Å². The Hall–Kier alpha value is -2.50. The number of hydrogen-bond acceptors (Lipinski definition) is 4. The minimum atomic E-state index is -0.217. The average molecular weight is 398 g/mol. The van der Waals surface area contributed by atoms with Crippen LogP contribution in [-0.4, -0.2) is 28.9 Å². The van der Waals surface area contributed by atoms with Crippen LogP contribution in [0.15, 0.2) is 24.3 Å². The van der Waals surface area contributed by atoms with Gasteiger partial charge in [0.2, 0.25) is 5.91 Å². The van der Waals surface area contributed by atoms with Crippen LogP contribution in [0.2, 0.25) is 0 Å². The van der Waals surface area contributed by atoms with Gasteiger partial charge >= 0.3 is 0 Å². The molecule has 0 radical (unpaired) electrons. The van der Waals surface area contributed by atoms with Gasteiger partial charge in [-0.05, 0) is 50.8 Å². The molecule has 1 aromatic carbocycles. The second-order valence-corrected chi connectivity index (χ2v) is 10.1. The Balaban J connectivity index is 1.50.